The van der Waals surface area contributed by atoms with Crippen molar-refractivity contribution in [2.75, 3.05) is 5.32 Å². The Hall–Kier alpha value is -1.51. The van der Waals surface area contributed by atoms with Crippen molar-refractivity contribution in [1.82, 2.24) is 4.98 Å². The molecule has 0 fully saturated rings. The summed E-state index contributed by atoms with van der Waals surface area (Å²) in [7, 11) is 0. The molecule has 0 aromatic carbocycles. The SMILES string of the molecule is Cc1ccnc(Cl)c1NC(=O)C(C(F)(F)F)C(F)(F)F. The molecule has 112 valence electrons. The molecule has 20 heavy (non-hydrogen) atoms. The zero-order valence-corrected chi connectivity index (χ0v) is 10.5. The van der Waals surface area contributed by atoms with Crippen molar-refractivity contribution in [3.63, 3.8) is 0 Å². The summed E-state index contributed by atoms with van der Waals surface area (Å²) < 4.78 is 74.0. The molecule has 1 aromatic rings. The van der Waals surface area contributed by atoms with E-state index >= 15 is 0 Å². The fraction of sp³-hybridized carbons (Fsp3) is 0.400. The number of alkyl halides is 6. The van der Waals surface area contributed by atoms with Gasteiger partial charge in [-0.1, -0.05) is 11.6 Å². The van der Waals surface area contributed by atoms with Crippen LogP contribution in [0.1, 0.15) is 5.56 Å². The van der Waals surface area contributed by atoms with Gasteiger partial charge in [0.05, 0.1) is 5.69 Å². The van der Waals surface area contributed by atoms with Gasteiger partial charge in [-0.2, -0.15) is 26.3 Å². The second-order valence-corrected chi connectivity index (χ2v) is 4.16. The lowest BCUT2D eigenvalue weighted by Gasteiger charge is -2.22. The van der Waals surface area contributed by atoms with Crippen LogP contribution in [-0.4, -0.2) is 23.2 Å². The Morgan fingerprint density at radius 3 is 2.15 bits per heavy atom. The Balaban J connectivity index is 3.11. The van der Waals surface area contributed by atoms with Gasteiger partial charge >= 0.3 is 12.4 Å². The quantitative estimate of drug-likeness (QED) is 0.666. The van der Waals surface area contributed by atoms with Gasteiger partial charge in [0.25, 0.3) is 0 Å². The molecule has 0 unspecified atom stereocenters. The van der Waals surface area contributed by atoms with Gasteiger partial charge in [-0.05, 0) is 18.6 Å². The van der Waals surface area contributed by atoms with E-state index in [0.29, 0.717) is 0 Å². The van der Waals surface area contributed by atoms with Gasteiger partial charge in [0.15, 0.2) is 5.15 Å². The first-order valence-electron chi connectivity index (χ1n) is 5.00. The van der Waals surface area contributed by atoms with Crippen LogP contribution in [0.25, 0.3) is 0 Å². The van der Waals surface area contributed by atoms with Crippen LogP contribution in [0.15, 0.2) is 12.3 Å². The van der Waals surface area contributed by atoms with Gasteiger partial charge in [0, 0.05) is 6.20 Å². The highest BCUT2D eigenvalue weighted by Gasteiger charge is 2.61. The monoisotopic (exact) mass is 320 g/mol. The lowest BCUT2D eigenvalue weighted by molar-refractivity contribution is -0.272. The summed E-state index contributed by atoms with van der Waals surface area (Å²) in [4.78, 5) is 14.7. The Morgan fingerprint density at radius 1 is 1.25 bits per heavy atom. The van der Waals surface area contributed by atoms with Crippen LogP contribution in [0.3, 0.4) is 0 Å². The van der Waals surface area contributed by atoms with E-state index in [1.807, 2.05) is 0 Å². The van der Waals surface area contributed by atoms with E-state index in [9.17, 15) is 31.1 Å². The average Bonchev–Trinajstić information content (AvgIpc) is 2.19. The van der Waals surface area contributed by atoms with Gasteiger partial charge in [-0.15, -0.1) is 0 Å². The number of aromatic nitrogens is 1. The van der Waals surface area contributed by atoms with Crippen LogP contribution in [0.5, 0.6) is 0 Å². The van der Waals surface area contributed by atoms with E-state index in [-0.39, 0.29) is 5.56 Å². The summed E-state index contributed by atoms with van der Waals surface area (Å²) >= 11 is 5.52. The second-order valence-electron chi connectivity index (χ2n) is 3.80. The van der Waals surface area contributed by atoms with E-state index in [0.717, 1.165) is 0 Å². The number of hydrogen-bond acceptors (Lipinski definition) is 2. The maximum atomic E-state index is 12.3. The van der Waals surface area contributed by atoms with Crippen LogP contribution in [0.4, 0.5) is 32.0 Å². The van der Waals surface area contributed by atoms with Crippen molar-refractivity contribution in [3.8, 4) is 0 Å². The first-order chi connectivity index (χ1) is 8.94. The molecule has 1 heterocycles. The molecule has 1 rings (SSSR count). The minimum atomic E-state index is -5.76. The highest BCUT2D eigenvalue weighted by molar-refractivity contribution is 6.32. The van der Waals surface area contributed by atoms with Gasteiger partial charge in [-0.25, -0.2) is 4.98 Å². The second kappa shape index (κ2) is 5.47. The molecule has 0 aliphatic heterocycles. The summed E-state index contributed by atoms with van der Waals surface area (Å²) in [5, 5.41) is 1.12. The third-order valence-corrected chi connectivity index (χ3v) is 2.56. The molecule has 0 aliphatic rings. The van der Waals surface area contributed by atoms with Crippen LogP contribution in [0.2, 0.25) is 5.15 Å². The molecule has 1 N–H and O–H groups in total. The van der Waals surface area contributed by atoms with Crippen LogP contribution in [-0.2, 0) is 4.79 Å². The van der Waals surface area contributed by atoms with Crippen molar-refractivity contribution < 1.29 is 31.1 Å². The normalized spacial score (nSPS) is 12.7. The van der Waals surface area contributed by atoms with Crippen molar-refractivity contribution in [2.45, 2.75) is 19.3 Å². The molecule has 0 saturated heterocycles. The number of rotatable bonds is 2. The number of nitrogens with one attached hydrogen (secondary N) is 1. The number of carbonyl (C=O) groups excluding carboxylic acids is 1. The van der Waals surface area contributed by atoms with E-state index < -0.39 is 35.0 Å². The van der Waals surface area contributed by atoms with Gasteiger partial charge in [-0.3, -0.25) is 4.79 Å². The Bertz CT molecular complexity index is 479. The Morgan fingerprint density at radius 2 is 1.75 bits per heavy atom. The molecule has 1 amide bonds. The molecule has 0 saturated carbocycles. The fourth-order valence-electron chi connectivity index (χ4n) is 1.35. The lowest BCUT2D eigenvalue weighted by Crippen LogP contribution is -2.45. The van der Waals surface area contributed by atoms with Crippen LogP contribution in [0, 0.1) is 12.8 Å². The Kier molecular flexibility index (Phi) is 4.52. The number of aryl methyl sites for hydroxylation is 1. The molecular formula is C10H7ClF6N2O. The van der Waals surface area contributed by atoms with E-state index in [1.165, 1.54) is 24.5 Å². The molecule has 3 nitrogen and oxygen atoms in total. The number of amides is 1. The standard InChI is InChI=1S/C10H7ClF6N2O/c1-4-2-3-18-7(11)5(4)19-8(20)6(9(12,13)14)10(15,16)17/h2-3,6H,1H3,(H,19,20). The van der Waals surface area contributed by atoms with Crippen molar-refractivity contribution in [3.05, 3.63) is 23.0 Å². The van der Waals surface area contributed by atoms with Crippen LogP contribution >= 0.6 is 11.6 Å². The summed E-state index contributed by atoms with van der Waals surface area (Å²) in [6, 6.07) is 1.28. The van der Waals surface area contributed by atoms with Crippen LogP contribution < -0.4 is 5.32 Å². The zero-order chi connectivity index (χ0) is 15.7. The third-order valence-electron chi connectivity index (χ3n) is 2.28. The van der Waals surface area contributed by atoms with Gasteiger partial charge in [0.2, 0.25) is 11.8 Å². The molecule has 1 aromatic heterocycles. The molecule has 0 bridgehead atoms. The Labute approximate surface area is 113 Å². The zero-order valence-electron chi connectivity index (χ0n) is 9.73. The lowest BCUT2D eigenvalue weighted by atomic mass is 10.1. The number of nitrogens with zero attached hydrogens (tertiary/aromatic N) is 1. The van der Waals surface area contributed by atoms with Crippen molar-refractivity contribution >= 4 is 23.2 Å². The predicted octanol–water partition coefficient (Wildman–Crippen LogP) is 3.72. The van der Waals surface area contributed by atoms with Gasteiger partial charge in [0.1, 0.15) is 0 Å². The predicted molar refractivity (Wildman–Crippen MR) is 58.2 cm³/mol. The van der Waals surface area contributed by atoms with E-state index in [1.54, 1.807) is 0 Å². The third kappa shape index (κ3) is 3.75. The minimum Gasteiger partial charge on any atom is -0.322 e. The summed E-state index contributed by atoms with van der Waals surface area (Å²) in [5.74, 6) is -6.39. The number of halogens is 7. The number of anilines is 1. The first-order valence-corrected chi connectivity index (χ1v) is 5.37. The molecule has 0 aliphatic carbocycles. The van der Waals surface area contributed by atoms with E-state index in [2.05, 4.69) is 4.98 Å². The van der Waals surface area contributed by atoms with Crippen molar-refractivity contribution in [2.24, 2.45) is 5.92 Å². The largest absolute Gasteiger partial charge is 0.409 e. The molecule has 0 radical (unpaired) electrons. The average molecular weight is 321 g/mol. The molecule has 0 spiro atoms. The van der Waals surface area contributed by atoms with E-state index in [4.69, 9.17) is 11.6 Å². The van der Waals surface area contributed by atoms with Crippen molar-refractivity contribution in [1.29, 1.82) is 0 Å². The highest BCUT2D eigenvalue weighted by atomic mass is 35.5. The summed E-state index contributed by atoms with van der Waals surface area (Å²) in [5.41, 5.74) is -0.209. The molecular weight excluding hydrogens is 314 g/mol. The fourth-order valence-corrected chi connectivity index (χ4v) is 1.61. The first kappa shape index (κ1) is 16.5. The number of pyridine rings is 1. The topological polar surface area (TPSA) is 42.0 Å². The van der Waals surface area contributed by atoms with Gasteiger partial charge < -0.3 is 5.32 Å². The highest BCUT2D eigenvalue weighted by Crippen LogP contribution is 2.40. The number of hydrogen-bond donors (Lipinski definition) is 1. The maximum Gasteiger partial charge on any atom is 0.409 e. The maximum absolute atomic E-state index is 12.3. The number of carbonyl (C=O) groups is 1. The summed E-state index contributed by atoms with van der Waals surface area (Å²) in [6.07, 6.45) is -10.3. The molecule has 0 atom stereocenters. The smallest absolute Gasteiger partial charge is 0.322 e. The molecule has 10 heteroatoms. The minimum absolute atomic E-state index is 0.182. The summed E-state index contributed by atoms with van der Waals surface area (Å²) in [6.45, 7) is 1.35.